The number of nitrogens with zero attached hydrogens (tertiary/aromatic N) is 1. The van der Waals surface area contributed by atoms with Crippen molar-refractivity contribution in [3.63, 3.8) is 0 Å². The summed E-state index contributed by atoms with van der Waals surface area (Å²) < 4.78 is 14.0. The topological polar surface area (TPSA) is 3.24 Å². The summed E-state index contributed by atoms with van der Waals surface area (Å²) in [5, 5.41) is 0. The molecule has 1 atom stereocenters. The lowest BCUT2D eigenvalue weighted by Gasteiger charge is -2.20. The van der Waals surface area contributed by atoms with E-state index in [1.54, 1.807) is 6.07 Å². The van der Waals surface area contributed by atoms with Crippen molar-refractivity contribution in [2.45, 2.75) is 32.4 Å². The first-order valence-electron chi connectivity index (χ1n) is 5.34. The Morgan fingerprint density at radius 3 is 2.87 bits per heavy atom. The minimum Gasteiger partial charge on any atom is -0.296 e. The minimum absolute atomic E-state index is 0.161. The van der Waals surface area contributed by atoms with Crippen LogP contribution >= 0.6 is 15.9 Å². The van der Waals surface area contributed by atoms with Crippen LogP contribution in [0.25, 0.3) is 0 Å². The monoisotopic (exact) mass is 271 g/mol. The number of likely N-dealkylation sites (tertiary alicyclic amines) is 1. The molecule has 0 aliphatic carbocycles. The van der Waals surface area contributed by atoms with Crippen molar-refractivity contribution < 1.29 is 4.39 Å². The van der Waals surface area contributed by atoms with E-state index in [0.717, 1.165) is 23.1 Å². The Balaban J connectivity index is 2.10. The average Bonchev–Trinajstić information content (AvgIpc) is 2.50. The maximum atomic E-state index is 13.2. The van der Waals surface area contributed by atoms with Gasteiger partial charge < -0.3 is 0 Å². The molecular weight excluding hydrogens is 257 g/mol. The lowest BCUT2D eigenvalue weighted by atomic mass is 10.2. The molecule has 1 saturated heterocycles. The third-order valence-corrected chi connectivity index (χ3v) is 3.46. The van der Waals surface area contributed by atoms with Gasteiger partial charge in [-0.15, -0.1) is 0 Å². The van der Waals surface area contributed by atoms with Crippen molar-refractivity contribution in [2.24, 2.45) is 0 Å². The van der Waals surface area contributed by atoms with Crippen molar-refractivity contribution in [2.75, 3.05) is 6.54 Å². The smallest absolute Gasteiger partial charge is 0.124 e. The second kappa shape index (κ2) is 4.62. The maximum absolute atomic E-state index is 13.2. The highest BCUT2D eigenvalue weighted by molar-refractivity contribution is 9.10. The van der Waals surface area contributed by atoms with Crippen LogP contribution in [0.2, 0.25) is 0 Å². The standard InChI is InChI=1S/C12H15BrFN/c1-9-3-2-4-15(9)8-10-5-11(13)7-12(14)6-10/h5-7,9H,2-4,8H2,1H3/t9-/m1/s1. The average molecular weight is 272 g/mol. The highest BCUT2D eigenvalue weighted by Crippen LogP contribution is 2.21. The van der Waals surface area contributed by atoms with E-state index >= 15 is 0 Å². The molecule has 0 unspecified atom stereocenters. The molecular formula is C12H15BrFN. The molecule has 15 heavy (non-hydrogen) atoms. The van der Waals surface area contributed by atoms with Gasteiger partial charge in [0.25, 0.3) is 0 Å². The Kier molecular flexibility index (Phi) is 3.42. The van der Waals surface area contributed by atoms with E-state index in [4.69, 9.17) is 0 Å². The zero-order chi connectivity index (χ0) is 10.8. The summed E-state index contributed by atoms with van der Waals surface area (Å²) in [6.07, 6.45) is 2.52. The van der Waals surface area contributed by atoms with Crippen LogP contribution in [0.5, 0.6) is 0 Å². The van der Waals surface area contributed by atoms with Gasteiger partial charge in [0.15, 0.2) is 0 Å². The molecule has 0 radical (unpaired) electrons. The molecule has 0 aromatic heterocycles. The zero-order valence-corrected chi connectivity index (χ0v) is 10.4. The molecule has 0 amide bonds. The van der Waals surface area contributed by atoms with Gasteiger partial charge in [0.1, 0.15) is 5.82 Å². The molecule has 1 aromatic rings. The second-order valence-corrected chi connectivity index (χ2v) is 5.16. The Bertz CT molecular complexity index is 333. The van der Waals surface area contributed by atoms with E-state index in [-0.39, 0.29) is 5.82 Å². The Labute approximate surface area is 98.4 Å². The number of hydrogen-bond acceptors (Lipinski definition) is 1. The van der Waals surface area contributed by atoms with Crippen molar-refractivity contribution in [3.8, 4) is 0 Å². The minimum atomic E-state index is -0.161. The third kappa shape index (κ3) is 2.79. The first-order valence-corrected chi connectivity index (χ1v) is 6.13. The van der Waals surface area contributed by atoms with Crippen LogP contribution in [0.4, 0.5) is 4.39 Å². The normalized spacial score (nSPS) is 22.2. The summed E-state index contributed by atoms with van der Waals surface area (Å²) >= 11 is 3.32. The number of halogens is 2. The number of hydrogen-bond donors (Lipinski definition) is 0. The summed E-state index contributed by atoms with van der Waals surface area (Å²) in [6, 6.07) is 5.74. The summed E-state index contributed by atoms with van der Waals surface area (Å²) in [7, 11) is 0. The molecule has 0 spiro atoms. The Hall–Kier alpha value is -0.410. The van der Waals surface area contributed by atoms with Crippen LogP contribution in [0, 0.1) is 5.82 Å². The van der Waals surface area contributed by atoms with Crippen LogP contribution < -0.4 is 0 Å². The van der Waals surface area contributed by atoms with E-state index in [9.17, 15) is 4.39 Å². The molecule has 0 bridgehead atoms. The van der Waals surface area contributed by atoms with Gasteiger partial charge in [0, 0.05) is 17.1 Å². The van der Waals surface area contributed by atoms with E-state index in [0.29, 0.717) is 6.04 Å². The molecule has 1 aliphatic rings. The SMILES string of the molecule is C[C@@H]1CCCN1Cc1cc(F)cc(Br)c1. The van der Waals surface area contributed by atoms with Crippen LogP contribution in [0.3, 0.4) is 0 Å². The fourth-order valence-electron chi connectivity index (χ4n) is 2.16. The molecule has 1 heterocycles. The largest absolute Gasteiger partial charge is 0.296 e. The summed E-state index contributed by atoms with van der Waals surface area (Å²) in [5.41, 5.74) is 1.05. The van der Waals surface area contributed by atoms with E-state index < -0.39 is 0 Å². The predicted octanol–water partition coefficient (Wildman–Crippen LogP) is 3.57. The lowest BCUT2D eigenvalue weighted by Crippen LogP contribution is -2.26. The summed E-state index contributed by atoms with van der Waals surface area (Å²) in [6.45, 7) is 4.23. The van der Waals surface area contributed by atoms with Gasteiger partial charge >= 0.3 is 0 Å². The van der Waals surface area contributed by atoms with Gasteiger partial charge in [-0.25, -0.2) is 4.39 Å². The number of rotatable bonds is 2. The van der Waals surface area contributed by atoms with Crippen LogP contribution in [0.15, 0.2) is 22.7 Å². The first-order chi connectivity index (χ1) is 7.15. The highest BCUT2D eigenvalue weighted by Gasteiger charge is 2.20. The molecule has 82 valence electrons. The quantitative estimate of drug-likeness (QED) is 0.795. The van der Waals surface area contributed by atoms with Crippen molar-refractivity contribution >= 4 is 15.9 Å². The van der Waals surface area contributed by atoms with Crippen LogP contribution in [-0.2, 0) is 6.54 Å². The molecule has 1 fully saturated rings. The Morgan fingerprint density at radius 2 is 2.27 bits per heavy atom. The molecule has 2 rings (SSSR count). The molecule has 3 heteroatoms. The van der Waals surface area contributed by atoms with Gasteiger partial charge in [-0.2, -0.15) is 0 Å². The van der Waals surface area contributed by atoms with E-state index in [1.807, 2.05) is 6.07 Å². The van der Waals surface area contributed by atoms with Crippen molar-refractivity contribution in [1.29, 1.82) is 0 Å². The molecule has 1 aromatic carbocycles. The fourth-order valence-corrected chi connectivity index (χ4v) is 2.68. The van der Waals surface area contributed by atoms with Crippen LogP contribution in [0.1, 0.15) is 25.3 Å². The molecule has 1 aliphatic heterocycles. The summed E-state index contributed by atoms with van der Waals surface area (Å²) in [5.74, 6) is -0.161. The molecule has 0 N–H and O–H groups in total. The summed E-state index contributed by atoms with van der Waals surface area (Å²) in [4.78, 5) is 2.40. The lowest BCUT2D eigenvalue weighted by molar-refractivity contribution is 0.260. The van der Waals surface area contributed by atoms with Gasteiger partial charge in [-0.1, -0.05) is 15.9 Å². The molecule has 0 saturated carbocycles. The van der Waals surface area contributed by atoms with Gasteiger partial charge in [0.05, 0.1) is 0 Å². The van der Waals surface area contributed by atoms with Crippen molar-refractivity contribution in [3.05, 3.63) is 34.1 Å². The number of benzene rings is 1. The third-order valence-electron chi connectivity index (χ3n) is 3.00. The van der Waals surface area contributed by atoms with Crippen LogP contribution in [-0.4, -0.2) is 17.5 Å². The van der Waals surface area contributed by atoms with Gasteiger partial charge in [-0.05, 0) is 50.1 Å². The molecule has 1 nitrogen and oxygen atoms in total. The predicted molar refractivity (Wildman–Crippen MR) is 63.2 cm³/mol. The Morgan fingerprint density at radius 1 is 1.47 bits per heavy atom. The maximum Gasteiger partial charge on any atom is 0.124 e. The van der Waals surface area contributed by atoms with Gasteiger partial charge in [-0.3, -0.25) is 4.90 Å². The van der Waals surface area contributed by atoms with E-state index in [1.165, 1.54) is 18.9 Å². The van der Waals surface area contributed by atoms with Gasteiger partial charge in [0.2, 0.25) is 0 Å². The highest BCUT2D eigenvalue weighted by atomic mass is 79.9. The van der Waals surface area contributed by atoms with E-state index in [2.05, 4.69) is 27.8 Å². The fraction of sp³-hybridized carbons (Fsp3) is 0.500. The second-order valence-electron chi connectivity index (χ2n) is 4.24. The first kappa shape index (κ1) is 11.1. The zero-order valence-electron chi connectivity index (χ0n) is 8.84. The van der Waals surface area contributed by atoms with Crippen molar-refractivity contribution in [1.82, 2.24) is 4.90 Å².